The van der Waals surface area contributed by atoms with Crippen LogP contribution < -0.4 is 4.72 Å². The number of carbonyl (C=O) groups is 1. The number of hydrogen-bond donors (Lipinski definition) is 1. The highest BCUT2D eigenvalue weighted by atomic mass is 79.9. The van der Waals surface area contributed by atoms with Crippen molar-refractivity contribution in [2.45, 2.75) is 38.6 Å². The van der Waals surface area contributed by atoms with Crippen molar-refractivity contribution < 1.29 is 17.9 Å². The predicted molar refractivity (Wildman–Crippen MR) is 71.8 cm³/mol. The molecule has 0 radical (unpaired) electrons. The molecule has 0 saturated carbocycles. The third kappa shape index (κ3) is 4.40. The fourth-order valence-electron chi connectivity index (χ4n) is 2.05. The minimum Gasteiger partial charge on any atom is -0.449 e. The molecular weight excluding hydrogens is 324 g/mol. The molecule has 8 heteroatoms. The molecule has 1 saturated heterocycles. The molecule has 0 aromatic heterocycles. The van der Waals surface area contributed by atoms with Gasteiger partial charge in [-0.15, -0.1) is 0 Å². The first kappa shape index (κ1) is 15.7. The van der Waals surface area contributed by atoms with Crippen LogP contribution in [-0.2, 0) is 14.9 Å². The molecule has 0 bridgehead atoms. The molecular formula is C10H19BrN2O4S. The van der Waals surface area contributed by atoms with Gasteiger partial charge in [-0.1, -0.05) is 15.9 Å². The zero-order valence-electron chi connectivity index (χ0n) is 10.4. The predicted octanol–water partition coefficient (Wildman–Crippen LogP) is 1.62. The Morgan fingerprint density at radius 2 is 2.28 bits per heavy atom. The van der Waals surface area contributed by atoms with E-state index in [4.69, 9.17) is 0 Å². The Labute approximate surface area is 116 Å². The van der Waals surface area contributed by atoms with Crippen LogP contribution in [-0.4, -0.2) is 43.3 Å². The van der Waals surface area contributed by atoms with Crippen molar-refractivity contribution in [3.8, 4) is 0 Å². The molecule has 1 heterocycles. The highest BCUT2D eigenvalue weighted by molar-refractivity contribution is 9.09. The quantitative estimate of drug-likeness (QED) is 0.744. The lowest BCUT2D eigenvalue weighted by Gasteiger charge is -2.23. The summed E-state index contributed by atoms with van der Waals surface area (Å²) in [5, 5.41) is 0.850. The molecule has 0 spiro atoms. The molecule has 1 amide bonds. The van der Waals surface area contributed by atoms with E-state index in [1.54, 1.807) is 6.92 Å². The Morgan fingerprint density at radius 3 is 2.89 bits per heavy atom. The number of alkyl halides is 1. The van der Waals surface area contributed by atoms with Gasteiger partial charge in [0.15, 0.2) is 0 Å². The molecule has 18 heavy (non-hydrogen) atoms. The maximum absolute atomic E-state index is 12.0. The van der Waals surface area contributed by atoms with E-state index >= 15 is 0 Å². The van der Waals surface area contributed by atoms with E-state index in [2.05, 4.69) is 20.7 Å². The molecule has 0 aliphatic carbocycles. The minimum atomic E-state index is -3.77. The van der Waals surface area contributed by atoms with Gasteiger partial charge in [0.25, 0.3) is 0 Å². The molecule has 1 aliphatic heterocycles. The van der Waals surface area contributed by atoms with Crippen LogP contribution in [0.4, 0.5) is 4.79 Å². The number of carbonyl (C=O) groups excluding carboxylic acids is 1. The summed E-state index contributed by atoms with van der Waals surface area (Å²) < 4.78 is 31.9. The van der Waals surface area contributed by atoms with Crippen LogP contribution >= 0.6 is 15.9 Å². The molecule has 0 aromatic rings. The summed E-state index contributed by atoms with van der Waals surface area (Å²) in [5.41, 5.74) is 0. The first-order valence-corrected chi connectivity index (χ1v) is 8.59. The Morgan fingerprint density at radius 1 is 1.56 bits per heavy atom. The summed E-state index contributed by atoms with van der Waals surface area (Å²) in [6.07, 6.45) is 2.47. The molecule has 1 N–H and O–H groups in total. The lowest BCUT2D eigenvalue weighted by molar-refractivity contribution is 0.158. The van der Waals surface area contributed by atoms with E-state index in [-0.39, 0.29) is 12.6 Å². The second-order valence-electron chi connectivity index (χ2n) is 4.07. The van der Waals surface area contributed by atoms with Crippen LogP contribution in [0.5, 0.6) is 0 Å². The first-order valence-electron chi connectivity index (χ1n) is 6.03. The SMILES string of the molecule is CCOC(=O)NS(=O)(=O)N1CCCC1CCCBr. The van der Waals surface area contributed by atoms with Crippen molar-refractivity contribution in [3.05, 3.63) is 0 Å². The zero-order chi connectivity index (χ0) is 13.6. The molecule has 6 nitrogen and oxygen atoms in total. The number of nitrogens with one attached hydrogen (secondary N) is 1. The molecule has 0 aromatic carbocycles. The summed E-state index contributed by atoms with van der Waals surface area (Å²) in [4.78, 5) is 11.2. The highest BCUT2D eigenvalue weighted by Crippen LogP contribution is 2.24. The van der Waals surface area contributed by atoms with Gasteiger partial charge in [-0.25, -0.2) is 9.52 Å². The Bertz CT molecular complexity index is 374. The third-order valence-corrected chi connectivity index (χ3v) is 4.87. The number of rotatable bonds is 6. The maximum atomic E-state index is 12.0. The number of amides is 1. The van der Waals surface area contributed by atoms with Crippen molar-refractivity contribution in [1.82, 2.24) is 9.03 Å². The maximum Gasteiger partial charge on any atom is 0.421 e. The Hall–Kier alpha value is -0.340. The van der Waals surface area contributed by atoms with Crippen molar-refractivity contribution >= 4 is 32.2 Å². The second kappa shape index (κ2) is 7.30. The lowest BCUT2D eigenvalue weighted by atomic mass is 10.1. The zero-order valence-corrected chi connectivity index (χ0v) is 12.8. The normalized spacial score (nSPS) is 20.9. The molecule has 1 aliphatic rings. The van der Waals surface area contributed by atoms with Crippen LogP contribution in [0.3, 0.4) is 0 Å². The smallest absolute Gasteiger partial charge is 0.421 e. The summed E-state index contributed by atoms with van der Waals surface area (Å²) in [5.74, 6) is 0. The average molecular weight is 343 g/mol. The van der Waals surface area contributed by atoms with Crippen molar-refractivity contribution in [1.29, 1.82) is 0 Å². The van der Waals surface area contributed by atoms with Gasteiger partial charge >= 0.3 is 16.3 Å². The third-order valence-electron chi connectivity index (χ3n) is 2.79. The van der Waals surface area contributed by atoms with Gasteiger partial charge < -0.3 is 4.74 Å². The van der Waals surface area contributed by atoms with E-state index in [0.29, 0.717) is 6.54 Å². The van der Waals surface area contributed by atoms with Gasteiger partial charge in [0.1, 0.15) is 0 Å². The van der Waals surface area contributed by atoms with E-state index in [1.165, 1.54) is 4.31 Å². The molecule has 106 valence electrons. The first-order chi connectivity index (χ1) is 8.51. The second-order valence-corrected chi connectivity index (χ2v) is 6.48. The summed E-state index contributed by atoms with van der Waals surface area (Å²) in [6, 6.07) is -0.0190. The summed E-state index contributed by atoms with van der Waals surface area (Å²) in [6.45, 7) is 2.23. The van der Waals surface area contributed by atoms with Gasteiger partial charge in [0.05, 0.1) is 6.61 Å². The van der Waals surface area contributed by atoms with Gasteiger partial charge in [-0.2, -0.15) is 12.7 Å². The van der Waals surface area contributed by atoms with Gasteiger partial charge in [0, 0.05) is 17.9 Å². The summed E-state index contributed by atoms with van der Waals surface area (Å²) in [7, 11) is -3.77. The minimum absolute atomic E-state index is 0.0190. The standard InChI is InChI=1S/C10H19BrN2O4S/c1-2-17-10(14)12-18(15,16)13-8-4-6-9(13)5-3-7-11/h9H,2-8H2,1H3,(H,12,14). The number of ether oxygens (including phenoxy) is 1. The molecule has 1 atom stereocenters. The average Bonchev–Trinajstić information content (AvgIpc) is 2.74. The van der Waals surface area contributed by atoms with Crippen molar-refractivity contribution in [2.75, 3.05) is 18.5 Å². The van der Waals surface area contributed by atoms with Gasteiger partial charge in [0.2, 0.25) is 0 Å². The lowest BCUT2D eigenvalue weighted by Crippen LogP contribution is -2.45. The number of halogens is 1. The monoisotopic (exact) mass is 342 g/mol. The fraction of sp³-hybridized carbons (Fsp3) is 0.900. The topological polar surface area (TPSA) is 75.7 Å². The summed E-state index contributed by atoms with van der Waals surface area (Å²) >= 11 is 3.33. The van der Waals surface area contributed by atoms with Crippen LogP contribution in [0.15, 0.2) is 0 Å². The van der Waals surface area contributed by atoms with Crippen LogP contribution in [0.25, 0.3) is 0 Å². The van der Waals surface area contributed by atoms with E-state index < -0.39 is 16.3 Å². The van der Waals surface area contributed by atoms with Crippen LogP contribution in [0.1, 0.15) is 32.6 Å². The largest absolute Gasteiger partial charge is 0.449 e. The van der Waals surface area contributed by atoms with Gasteiger partial charge in [-0.05, 0) is 32.6 Å². The number of nitrogens with zero attached hydrogens (tertiary/aromatic N) is 1. The van der Waals surface area contributed by atoms with Crippen LogP contribution in [0, 0.1) is 0 Å². The van der Waals surface area contributed by atoms with Crippen molar-refractivity contribution in [2.24, 2.45) is 0 Å². The number of hydrogen-bond acceptors (Lipinski definition) is 4. The Kier molecular flexibility index (Phi) is 6.37. The van der Waals surface area contributed by atoms with Gasteiger partial charge in [-0.3, -0.25) is 0 Å². The molecule has 1 fully saturated rings. The Balaban J connectivity index is 2.62. The van der Waals surface area contributed by atoms with Crippen LogP contribution in [0.2, 0.25) is 0 Å². The van der Waals surface area contributed by atoms with E-state index in [9.17, 15) is 13.2 Å². The molecule has 1 unspecified atom stereocenters. The van der Waals surface area contributed by atoms with E-state index in [0.717, 1.165) is 31.0 Å². The van der Waals surface area contributed by atoms with E-state index in [1.807, 2.05) is 4.72 Å². The highest BCUT2D eigenvalue weighted by Gasteiger charge is 2.34. The van der Waals surface area contributed by atoms with Crippen molar-refractivity contribution in [3.63, 3.8) is 0 Å². The molecule has 1 rings (SSSR count). The fourth-order valence-corrected chi connectivity index (χ4v) is 3.73.